The molecule has 0 saturated carbocycles. The van der Waals surface area contributed by atoms with Crippen LogP contribution in [0.2, 0.25) is 5.02 Å². The number of hydrogen-bond acceptors (Lipinski definition) is 3. The highest BCUT2D eigenvalue weighted by Gasteiger charge is 2.25. The Labute approximate surface area is 153 Å². The highest BCUT2D eigenvalue weighted by molar-refractivity contribution is 6.30. The Balaban J connectivity index is 1.44. The van der Waals surface area contributed by atoms with Crippen molar-refractivity contribution >= 4 is 23.2 Å². The van der Waals surface area contributed by atoms with Crippen LogP contribution in [0.25, 0.3) is 0 Å². The number of nitrogens with one attached hydrogen (secondary N) is 1. The fourth-order valence-electron chi connectivity index (χ4n) is 3.06. The molecule has 1 heterocycles. The number of para-hydroxylation sites is 1. The highest BCUT2D eigenvalue weighted by Crippen LogP contribution is 2.19. The number of piperidine rings is 1. The average molecular weight is 359 g/mol. The van der Waals surface area contributed by atoms with Crippen molar-refractivity contribution < 1.29 is 9.53 Å². The number of nitrogens with zero attached hydrogens (tertiary/aromatic N) is 1. The zero-order valence-electron chi connectivity index (χ0n) is 14.2. The molecule has 0 unspecified atom stereocenters. The quantitative estimate of drug-likeness (QED) is 0.846. The summed E-state index contributed by atoms with van der Waals surface area (Å²) in [5, 5.41) is 3.71. The van der Waals surface area contributed by atoms with Gasteiger partial charge in [-0.1, -0.05) is 29.8 Å². The number of hydrogen-bond donors (Lipinski definition) is 1. The SMILES string of the molecule is O=C(Nc1ccccc1)[C@@H]1CCCN(CCOc2ccc(Cl)cc2)C1. The molecule has 2 aromatic carbocycles. The van der Waals surface area contributed by atoms with E-state index in [1.807, 2.05) is 54.6 Å². The summed E-state index contributed by atoms with van der Waals surface area (Å²) in [7, 11) is 0. The van der Waals surface area contributed by atoms with Crippen LogP contribution in [0.1, 0.15) is 12.8 Å². The van der Waals surface area contributed by atoms with Crippen molar-refractivity contribution in [1.82, 2.24) is 4.90 Å². The fraction of sp³-hybridized carbons (Fsp3) is 0.350. The maximum Gasteiger partial charge on any atom is 0.228 e. The average Bonchev–Trinajstić information content (AvgIpc) is 2.64. The second-order valence-electron chi connectivity index (χ2n) is 6.30. The second kappa shape index (κ2) is 8.88. The molecule has 2 aromatic rings. The monoisotopic (exact) mass is 358 g/mol. The van der Waals surface area contributed by atoms with E-state index in [0.717, 1.165) is 43.9 Å². The first-order chi connectivity index (χ1) is 12.2. The van der Waals surface area contributed by atoms with E-state index in [9.17, 15) is 4.79 Å². The van der Waals surface area contributed by atoms with Crippen LogP contribution in [-0.2, 0) is 4.79 Å². The van der Waals surface area contributed by atoms with Gasteiger partial charge in [0.15, 0.2) is 0 Å². The van der Waals surface area contributed by atoms with Gasteiger partial charge in [0, 0.05) is 23.8 Å². The molecular weight excluding hydrogens is 336 g/mol. The largest absolute Gasteiger partial charge is 0.492 e. The minimum Gasteiger partial charge on any atom is -0.492 e. The van der Waals surface area contributed by atoms with Gasteiger partial charge in [-0.2, -0.15) is 0 Å². The van der Waals surface area contributed by atoms with E-state index < -0.39 is 0 Å². The van der Waals surface area contributed by atoms with Crippen molar-refractivity contribution in [3.63, 3.8) is 0 Å². The summed E-state index contributed by atoms with van der Waals surface area (Å²) in [6, 6.07) is 17.0. The summed E-state index contributed by atoms with van der Waals surface area (Å²) < 4.78 is 5.75. The fourth-order valence-corrected chi connectivity index (χ4v) is 3.19. The van der Waals surface area contributed by atoms with Crippen LogP contribution in [0.5, 0.6) is 5.75 Å². The summed E-state index contributed by atoms with van der Waals surface area (Å²) in [5.41, 5.74) is 0.857. The van der Waals surface area contributed by atoms with Crippen LogP contribution < -0.4 is 10.1 Å². The van der Waals surface area contributed by atoms with Gasteiger partial charge in [0.05, 0.1) is 5.92 Å². The number of anilines is 1. The number of ether oxygens (including phenoxy) is 1. The predicted octanol–water partition coefficient (Wildman–Crippen LogP) is 4.07. The lowest BCUT2D eigenvalue weighted by Gasteiger charge is -2.31. The maximum atomic E-state index is 12.5. The molecular formula is C20H23ClN2O2. The van der Waals surface area contributed by atoms with Gasteiger partial charge in [0.25, 0.3) is 0 Å². The van der Waals surface area contributed by atoms with Crippen molar-refractivity contribution in [2.24, 2.45) is 5.92 Å². The molecule has 25 heavy (non-hydrogen) atoms. The van der Waals surface area contributed by atoms with Crippen molar-refractivity contribution in [1.29, 1.82) is 0 Å². The molecule has 1 aliphatic rings. The lowest BCUT2D eigenvalue weighted by atomic mass is 9.97. The van der Waals surface area contributed by atoms with Crippen LogP contribution in [0.3, 0.4) is 0 Å². The minimum absolute atomic E-state index is 0.0319. The van der Waals surface area contributed by atoms with Crippen molar-refractivity contribution in [2.45, 2.75) is 12.8 Å². The third-order valence-corrected chi connectivity index (χ3v) is 4.66. The number of carbonyl (C=O) groups excluding carboxylic acids is 1. The lowest BCUT2D eigenvalue weighted by molar-refractivity contribution is -0.121. The second-order valence-corrected chi connectivity index (χ2v) is 6.73. The van der Waals surface area contributed by atoms with Gasteiger partial charge in [0.1, 0.15) is 12.4 Å². The molecule has 0 aliphatic carbocycles. The molecule has 0 bridgehead atoms. The van der Waals surface area contributed by atoms with Crippen molar-refractivity contribution in [3.8, 4) is 5.75 Å². The first-order valence-electron chi connectivity index (χ1n) is 8.67. The zero-order chi connectivity index (χ0) is 17.5. The van der Waals surface area contributed by atoms with Gasteiger partial charge < -0.3 is 10.1 Å². The Morgan fingerprint density at radius 3 is 2.68 bits per heavy atom. The Morgan fingerprint density at radius 1 is 1.16 bits per heavy atom. The Morgan fingerprint density at radius 2 is 1.92 bits per heavy atom. The third-order valence-electron chi connectivity index (χ3n) is 4.41. The molecule has 1 fully saturated rings. The predicted molar refractivity (Wildman–Crippen MR) is 101 cm³/mol. The summed E-state index contributed by atoms with van der Waals surface area (Å²) in [6.45, 7) is 3.22. The first kappa shape index (κ1) is 17.8. The molecule has 0 spiro atoms. The Bertz CT molecular complexity index is 676. The molecule has 1 amide bonds. The zero-order valence-corrected chi connectivity index (χ0v) is 14.9. The summed E-state index contributed by atoms with van der Waals surface area (Å²) in [6.07, 6.45) is 1.97. The van der Waals surface area contributed by atoms with Gasteiger partial charge >= 0.3 is 0 Å². The summed E-state index contributed by atoms with van der Waals surface area (Å²) in [5.74, 6) is 0.957. The maximum absolute atomic E-state index is 12.5. The molecule has 1 atom stereocenters. The van der Waals surface area contributed by atoms with Crippen LogP contribution in [0.4, 0.5) is 5.69 Å². The Kier molecular flexibility index (Phi) is 6.31. The normalized spacial score (nSPS) is 17.9. The van der Waals surface area contributed by atoms with Gasteiger partial charge in [-0.25, -0.2) is 0 Å². The van der Waals surface area contributed by atoms with E-state index in [1.54, 1.807) is 0 Å². The van der Waals surface area contributed by atoms with E-state index in [2.05, 4.69) is 10.2 Å². The van der Waals surface area contributed by atoms with E-state index in [-0.39, 0.29) is 11.8 Å². The smallest absolute Gasteiger partial charge is 0.228 e. The Hall–Kier alpha value is -2.04. The molecule has 0 aromatic heterocycles. The standard InChI is InChI=1S/C20H23ClN2O2/c21-17-8-10-19(11-9-17)25-14-13-23-12-4-5-16(15-23)20(24)22-18-6-2-1-3-7-18/h1-3,6-11,16H,4-5,12-15H2,(H,22,24)/t16-/m1/s1. The van der Waals surface area contributed by atoms with Gasteiger partial charge in [-0.15, -0.1) is 0 Å². The van der Waals surface area contributed by atoms with Crippen LogP contribution in [0, 0.1) is 5.92 Å². The lowest BCUT2D eigenvalue weighted by Crippen LogP contribution is -2.42. The van der Waals surface area contributed by atoms with Gasteiger partial charge in [0.2, 0.25) is 5.91 Å². The first-order valence-corrected chi connectivity index (χ1v) is 9.05. The molecule has 5 heteroatoms. The third kappa shape index (κ3) is 5.48. The molecule has 1 aliphatic heterocycles. The van der Waals surface area contributed by atoms with E-state index >= 15 is 0 Å². The molecule has 132 valence electrons. The van der Waals surface area contributed by atoms with E-state index in [4.69, 9.17) is 16.3 Å². The summed E-state index contributed by atoms with van der Waals surface area (Å²) in [4.78, 5) is 14.8. The number of rotatable bonds is 6. The topological polar surface area (TPSA) is 41.6 Å². The highest BCUT2D eigenvalue weighted by atomic mass is 35.5. The van der Waals surface area contributed by atoms with Crippen molar-refractivity contribution in [2.75, 3.05) is 31.6 Å². The molecule has 3 rings (SSSR count). The van der Waals surface area contributed by atoms with E-state index in [1.165, 1.54) is 0 Å². The van der Waals surface area contributed by atoms with Crippen LogP contribution in [0.15, 0.2) is 54.6 Å². The van der Waals surface area contributed by atoms with Crippen LogP contribution >= 0.6 is 11.6 Å². The van der Waals surface area contributed by atoms with Crippen LogP contribution in [-0.4, -0.2) is 37.0 Å². The molecule has 1 N–H and O–H groups in total. The molecule has 4 nitrogen and oxygen atoms in total. The number of likely N-dealkylation sites (tertiary alicyclic amines) is 1. The van der Waals surface area contributed by atoms with Gasteiger partial charge in [-0.05, 0) is 55.8 Å². The van der Waals surface area contributed by atoms with E-state index in [0.29, 0.717) is 11.6 Å². The minimum atomic E-state index is 0.0319. The number of benzene rings is 2. The molecule has 1 saturated heterocycles. The van der Waals surface area contributed by atoms with Gasteiger partial charge in [-0.3, -0.25) is 9.69 Å². The molecule has 0 radical (unpaired) electrons. The number of amides is 1. The number of carbonyl (C=O) groups is 1. The summed E-state index contributed by atoms with van der Waals surface area (Å²) >= 11 is 5.87. The number of halogens is 1. The van der Waals surface area contributed by atoms with Crippen molar-refractivity contribution in [3.05, 3.63) is 59.6 Å².